The number of carbonyl (C=O) groups excluding carboxylic acids is 1. The highest BCUT2D eigenvalue weighted by Crippen LogP contribution is 2.29. The zero-order chi connectivity index (χ0) is 16.9. The van der Waals surface area contributed by atoms with Crippen LogP contribution in [0.4, 0.5) is 5.69 Å². The fourth-order valence-electron chi connectivity index (χ4n) is 2.22. The summed E-state index contributed by atoms with van der Waals surface area (Å²) in [6, 6.07) is 17.8. The van der Waals surface area contributed by atoms with E-state index in [1.165, 1.54) is 24.5 Å². The lowest BCUT2D eigenvalue weighted by Gasteiger charge is -2.12. The quantitative estimate of drug-likeness (QED) is 0.589. The van der Waals surface area contributed by atoms with Gasteiger partial charge < -0.3 is 15.3 Å². The van der Waals surface area contributed by atoms with Crippen molar-refractivity contribution in [2.75, 3.05) is 5.32 Å². The standard InChI is InChI=1S/C19H16N2O3/c1-14-5-4-6-16(13-14)24-18-8-3-2-7-17(18)20-19(22)15-9-11-21(23)12-10-15/h2-13H,1H3,(H,20,22). The molecule has 0 radical (unpaired) electrons. The fraction of sp³-hybridized carbons (Fsp3) is 0.0526. The largest absolute Gasteiger partial charge is 0.619 e. The van der Waals surface area contributed by atoms with Crippen molar-refractivity contribution < 1.29 is 14.3 Å². The van der Waals surface area contributed by atoms with Crippen LogP contribution < -0.4 is 14.8 Å². The van der Waals surface area contributed by atoms with E-state index in [1.807, 2.05) is 43.3 Å². The van der Waals surface area contributed by atoms with Gasteiger partial charge in [-0.05, 0) is 36.8 Å². The monoisotopic (exact) mass is 320 g/mol. The molecule has 0 bridgehead atoms. The van der Waals surface area contributed by atoms with Gasteiger partial charge in [-0.15, -0.1) is 0 Å². The van der Waals surface area contributed by atoms with Crippen LogP contribution in [0.1, 0.15) is 15.9 Å². The van der Waals surface area contributed by atoms with Gasteiger partial charge in [0.15, 0.2) is 18.1 Å². The number of pyridine rings is 1. The molecule has 0 fully saturated rings. The summed E-state index contributed by atoms with van der Waals surface area (Å²) in [6.07, 6.45) is 2.56. The topological polar surface area (TPSA) is 65.3 Å². The number of anilines is 1. The zero-order valence-electron chi connectivity index (χ0n) is 13.1. The van der Waals surface area contributed by atoms with Crippen LogP contribution in [0.3, 0.4) is 0 Å². The van der Waals surface area contributed by atoms with Gasteiger partial charge in [0.25, 0.3) is 5.91 Å². The van der Waals surface area contributed by atoms with Gasteiger partial charge >= 0.3 is 0 Å². The predicted molar refractivity (Wildman–Crippen MR) is 91.1 cm³/mol. The third kappa shape index (κ3) is 3.70. The number of aromatic nitrogens is 1. The molecule has 2 aromatic carbocycles. The molecule has 0 saturated heterocycles. The van der Waals surface area contributed by atoms with Crippen molar-refractivity contribution in [1.82, 2.24) is 0 Å². The van der Waals surface area contributed by atoms with Gasteiger partial charge in [-0.2, -0.15) is 4.73 Å². The average molecular weight is 320 g/mol. The number of benzene rings is 2. The SMILES string of the molecule is Cc1cccc(Oc2ccccc2NC(=O)c2cc[n+]([O-])cc2)c1. The summed E-state index contributed by atoms with van der Waals surface area (Å²) in [7, 11) is 0. The molecule has 0 aliphatic rings. The highest BCUT2D eigenvalue weighted by Gasteiger charge is 2.11. The number of nitrogens with one attached hydrogen (secondary N) is 1. The minimum absolute atomic E-state index is 0.309. The Morgan fingerprint density at radius 2 is 1.79 bits per heavy atom. The van der Waals surface area contributed by atoms with E-state index >= 15 is 0 Å². The first kappa shape index (κ1) is 15.6. The summed E-state index contributed by atoms with van der Waals surface area (Å²) >= 11 is 0. The minimum atomic E-state index is -0.309. The van der Waals surface area contributed by atoms with E-state index in [0.717, 1.165) is 5.56 Å². The van der Waals surface area contributed by atoms with Gasteiger partial charge in [0, 0.05) is 12.1 Å². The van der Waals surface area contributed by atoms with Crippen molar-refractivity contribution in [3.8, 4) is 11.5 Å². The number of para-hydroxylation sites is 2. The summed E-state index contributed by atoms with van der Waals surface area (Å²) in [5.74, 6) is 0.936. The Morgan fingerprint density at radius 3 is 2.54 bits per heavy atom. The fourth-order valence-corrected chi connectivity index (χ4v) is 2.22. The predicted octanol–water partition coefficient (Wildman–Crippen LogP) is 3.67. The molecule has 5 nitrogen and oxygen atoms in total. The zero-order valence-corrected chi connectivity index (χ0v) is 13.1. The molecule has 0 atom stereocenters. The number of nitrogens with zero attached hydrogens (tertiary/aromatic N) is 1. The lowest BCUT2D eigenvalue weighted by molar-refractivity contribution is -0.605. The van der Waals surface area contributed by atoms with Crippen LogP contribution in [0.15, 0.2) is 73.1 Å². The summed E-state index contributed by atoms with van der Waals surface area (Å²) in [5, 5.41) is 13.9. The minimum Gasteiger partial charge on any atom is -0.619 e. The molecule has 0 aliphatic carbocycles. The molecule has 1 aromatic heterocycles. The van der Waals surface area contributed by atoms with Gasteiger partial charge in [0.2, 0.25) is 0 Å². The Bertz CT molecular complexity index is 860. The van der Waals surface area contributed by atoms with Crippen molar-refractivity contribution in [2.24, 2.45) is 0 Å². The summed E-state index contributed by atoms with van der Waals surface area (Å²) < 4.78 is 6.51. The van der Waals surface area contributed by atoms with E-state index < -0.39 is 0 Å². The second-order valence-electron chi connectivity index (χ2n) is 5.32. The van der Waals surface area contributed by atoms with Gasteiger partial charge in [-0.25, -0.2) is 0 Å². The highest BCUT2D eigenvalue weighted by atomic mass is 16.5. The second kappa shape index (κ2) is 6.83. The van der Waals surface area contributed by atoms with Crippen LogP contribution in [0.2, 0.25) is 0 Å². The van der Waals surface area contributed by atoms with Crippen LogP contribution in [0.25, 0.3) is 0 Å². The van der Waals surface area contributed by atoms with Crippen LogP contribution in [-0.4, -0.2) is 5.91 Å². The van der Waals surface area contributed by atoms with Crippen molar-refractivity contribution in [1.29, 1.82) is 0 Å². The molecule has 0 aliphatic heterocycles. The number of rotatable bonds is 4. The van der Waals surface area contributed by atoms with Crippen LogP contribution >= 0.6 is 0 Å². The number of ether oxygens (including phenoxy) is 1. The summed E-state index contributed by atoms with van der Waals surface area (Å²) in [5.41, 5.74) is 2.04. The van der Waals surface area contributed by atoms with Gasteiger partial charge in [-0.3, -0.25) is 4.79 Å². The van der Waals surface area contributed by atoms with E-state index in [0.29, 0.717) is 27.5 Å². The molecule has 1 amide bonds. The Balaban J connectivity index is 1.81. The van der Waals surface area contributed by atoms with Crippen LogP contribution in [0.5, 0.6) is 11.5 Å². The molecule has 1 N–H and O–H groups in total. The van der Waals surface area contributed by atoms with Crippen molar-refractivity contribution >= 4 is 11.6 Å². The first-order chi connectivity index (χ1) is 11.6. The first-order valence-electron chi connectivity index (χ1n) is 7.45. The molecule has 0 unspecified atom stereocenters. The van der Waals surface area contributed by atoms with Crippen molar-refractivity contribution in [2.45, 2.75) is 6.92 Å². The molecule has 24 heavy (non-hydrogen) atoms. The third-order valence-corrected chi connectivity index (χ3v) is 3.42. The molecule has 3 aromatic rings. The van der Waals surface area contributed by atoms with E-state index in [4.69, 9.17) is 4.74 Å². The number of hydrogen-bond donors (Lipinski definition) is 1. The van der Waals surface area contributed by atoms with Crippen LogP contribution in [-0.2, 0) is 0 Å². The molecule has 3 rings (SSSR count). The third-order valence-electron chi connectivity index (χ3n) is 3.42. The molecule has 1 heterocycles. The lowest BCUT2D eigenvalue weighted by Crippen LogP contribution is -2.25. The smallest absolute Gasteiger partial charge is 0.256 e. The molecule has 5 heteroatoms. The number of carbonyl (C=O) groups is 1. The lowest BCUT2D eigenvalue weighted by atomic mass is 10.2. The maximum absolute atomic E-state index is 12.3. The molecular weight excluding hydrogens is 304 g/mol. The Labute approximate surface area is 139 Å². The van der Waals surface area contributed by atoms with Gasteiger partial charge in [0.05, 0.1) is 11.3 Å². The van der Waals surface area contributed by atoms with E-state index in [-0.39, 0.29) is 5.91 Å². The molecule has 0 spiro atoms. The Hall–Kier alpha value is -3.34. The van der Waals surface area contributed by atoms with E-state index in [9.17, 15) is 10.0 Å². The number of amides is 1. The van der Waals surface area contributed by atoms with Crippen LogP contribution in [0, 0.1) is 12.1 Å². The van der Waals surface area contributed by atoms with Gasteiger partial charge in [-0.1, -0.05) is 24.3 Å². The van der Waals surface area contributed by atoms with Gasteiger partial charge in [0.1, 0.15) is 5.75 Å². The van der Waals surface area contributed by atoms with E-state index in [2.05, 4.69) is 5.32 Å². The highest BCUT2D eigenvalue weighted by molar-refractivity contribution is 6.04. The maximum Gasteiger partial charge on any atom is 0.256 e. The normalized spacial score (nSPS) is 10.2. The first-order valence-corrected chi connectivity index (χ1v) is 7.45. The summed E-state index contributed by atoms with van der Waals surface area (Å²) in [4.78, 5) is 12.3. The van der Waals surface area contributed by atoms with Crippen molar-refractivity contribution in [3.05, 3.63) is 89.4 Å². The molecule has 120 valence electrons. The summed E-state index contributed by atoms with van der Waals surface area (Å²) in [6.45, 7) is 1.98. The Kier molecular flexibility index (Phi) is 4.43. The van der Waals surface area contributed by atoms with E-state index in [1.54, 1.807) is 12.1 Å². The van der Waals surface area contributed by atoms with Crippen molar-refractivity contribution in [3.63, 3.8) is 0 Å². The Morgan fingerprint density at radius 1 is 1.04 bits per heavy atom. The second-order valence-corrected chi connectivity index (χ2v) is 5.32. The number of hydrogen-bond acceptors (Lipinski definition) is 3. The average Bonchev–Trinajstić information content (AvgIpc) is 2.57. The maximum atomic E-state index is 12.3. The number of aryl methyl sites for hydroxylation is 1. The molecule has 0 saturated carbocycles. The molecular formula is C19H16N2O3.